The third-order valence-corrected chi connectivity index (χ3v) is 6.12. The zero-order valence-corrected chi connectivity index (χ0v) is 19.5. The van der Waals surface area contributed by atoms with Gasteiger partial charge in [0.25, 0.3) is 5.91 Å². The number of aromatic nitrogens is 1. The van der Waals surface area contributed by atoms with E-state index in [4.69, 9.17) is 11.6 Å². The van der Waals surface area contributed by atoms with Gasteiger partial charge in [-0.3, -0.25) is 4.79 Å². The molecule has 0 spiro atoms. The van der Waals surface area contributed by atoms with Crippen LogP contribution in [0.4, 0.5) is 0 Å². The Hall–Kier alpha value is -3.17. The fraction of sp³-hybridized carbons (Fsp3) is 0.214. The summed E-state index contributed by atoms with van der Waals surface area (Å²) in [4.78, 5) is 20.1. The van der Waals surface area contributed by atoms with Crippen LogP contribution in [0.3, 0.4) is 0 Å². The van der Waals surface area contributed by atoms with Gasteiger partial charge in [-0.25, -0.2) is 4.98 Å². The number of carbonyl (C=O) groups is 1. The lowest BCUT2D eigenvalue weighted by Gasteiger charge is -2.24. The Bertz CT molecular complexity index is 1280. The molecule has 1 heterocycles. The molecule has 162 valence electrons. The second-order valence-corrected chi connectivity index (χ2v) is 8.64. The first kappa shape index (κ1) is 22.0. The molecule has 1 amide bonds. The van der Waals surface area contributed by atoms with Gasteiger partial charge in [0.05, 0.1) is 5.52 Å². The Labute approximate surface area is 194 Å². The smallest absolute Gasteiger partial charge is 0.254 e. The van der Waals surface area contributed by atoms with Crippen LogP contribution in [0.25, 0.3) is 10.9 Å². The highest BCUT2D eigenvalue weighted by atomic mass is 35.5. The fourth-order valence-electron chi connectivity index (χ4n) is 4.00. The molecule has 4 rings (SSSR count). The maximum atomic E-state index is 13.6. The van der Waals surface area contributed by atoms with E-state index >= 15 is 0 Å². The van der Waals surface area contributed by atoms with E-state index in [0.717, 1.165) is 34.0 Å². The van der Waals surface area contributed by atoms with Crippen LogP contribution in [0.2, 0.25) is 5.15 Å². The average Bonchev–Trinajstić information content (AvgIpc) is 2.78. The van der Waals surface area contributed by atoms with Gasteiger partial charge in [-0.2, -0.15) is 0 Å². The van der Waals surface area contributed by atoms with E-state index in [0.29, 0.717) is 23.8 Å². The molecule has 0 aliphatic heterocycles. The fourth-order valence-corrected chi connectivity index (χ4v) is 4.20. The van der Waals surface area contributed by atoms with Crippen molar-refractivity contribution in [3.8, 4) is 0 Å². The summed E-state index contributed by atoms with van der Waals surface area (Å²) >= 11 is 6.58. The molecule has 0 atom stereocenters. The number of fused-ring (bicyclic) bond motifs is 1. The first-order chi connectivity index (χ1) is 15.4. The van der Waals surface area contributed by atoms with Gasteiger partial charge in [-0.05, 0) is 61.2 Å². The Morgan fingerprint density at radius 1 is 0.906 bits per heavy atom. The first-order valence-electron chi connectivity index (χ1n) is 10.9. The summed E-state index contributed by atoms with van der Waals surface area (Å²) in [7, 11) is 0. The molecular weight excluding hydrogens is 416 g/mol. The maximum Gasteiger partial charge on any atom is 0.254 e. The minimum absolute atomic E-state index is 0.0110. The molecule has 0 aliphatic carbocycles. The standard InChI is InChI=1S/C28H27ClN2O/c1-4-21-12-13-26-23(15-21)16-24(27(29)30-26)18-31(17-22-10-7-8-19(2)14-22)28(32)25-11-6-5-9-20(25)3/h5-16H,4,17-18H2,1-3H3. The third kappa shape index (κ3) is 4.84. The highest BCUT2D eigenvalue weighted by Crippen LogP contribution is 2.25. The maximum absolute atomic E-state index is 13.6. The molecule has 0 bridgehead atoms. The minimum Gasteiger partial charge on any atom is -0.330 e. The van der Waals surface area contributed by atoms with E-state index in [1.807, 2.05) is 48.2 Å². The number of aryl methyl sites for hydroxylation is 3. The largest absolute Gasteiger partial charge is 0.330 e. The summed E-state index contributed by atoms with van der Waals surface area (Å²) in [6.45, 7) is 7.05. The summed E-state index contributed by atoms with van der Waals surface area (Å²) < 4.78 is 0. The molecule has 3 nitrogen and oxygen atoms in total. The number of pyridine rings is 1. The van der Waals surface area contributed by atoms with Crippen LogP contribution >= 0.6 is 11.6 Å². The van der Waals surface area contributed by atoms with Gasteiger partial charge in [-0.15, -0.1) is 0 Å². The van der Waals surface area contributed by atoms with Gasteiger partial charge < -0.3 is 4.90 Å². The van der Waals surface area contributed by atoms with E-state index in [-0.39, 0.29) is 5.91 Å². The van der Waals surface area contributed by atoms with Crippen molar-refractivity contribution in [3.63, 3.8) is 0 Å². The first-order valence-corrected chi connectivity index (χ1v) is 11.3. The zero-order chi connectivity index (χ0) is 22.7. The quantitative estimate of drug-likeness (QED) is 0.304. The predicted molar refractivity (Wildman–Crippen MR) is 132 cm³/mol. The van der Waals surface area contributed by atoms with Crippen molar-refractivity contribution < 1.29 is 4.79 Å². The molecule has 0 N–H and O–H groups in total. The topological polar surface area (TPSA) is 33.2 Å². The number of rotatable bonds is 6. The van der Waals surface area contributed by atoms with Gasteiger partial charge in [0.1, 0.15) is 5.15 Å². The van der Waals surface area contributed by atoms with Crippen LogP contribution in [0.1, 0.15) is 45.1 Å². The number of hydrogen-bond acceptors (Lipinski definition) is 2. The van der Waals surface area contributed by atoms with Crippen molar-refractivity contribution in [1.29, 1.82) is 0 Å². The van der Waals surface area contributed by atoms with E-state index < -0.39 is 0 Å². The lowest BCUT2D eigenvalue weighted by atomic mass is 10.0. The Morgan fingerprint density at radius 2 is 1.72 bits per heavy atom. The molecule has 32 heavy (non-hydrogen) atoms. The molecule has 4 heteroatoms. The summed E-state index contributed by atoms with van der Waals surface area (Å²) in [6, 6.07) is 24.3. The summed E-state index contributed by atoms with van der Waals surface area (Å²) in [5, 5.41) is 1.48. The molecule has 0 saturated heterocycles. The highest BCUT2D eigenvalue weighted by molar-refractivity contribution is 6.30. The van der Waals surface area contributed by atoms with Crippen LogP contribution in [0.15, 0.2) is 72.8 Å². The molecule has 4 aromatic rings. The van der Waals surface area contributed by atoms with Gasteiger partial charge in [0.15, 0.2) is 0 Å². The molecule has 0 fully saturated rings. The second kappa shape index (κ2) is 9.54. The van der Waals surface area contributed by atoms with Crippen LogP contribution in [-0.2, 0) is 19.5 Å². The number of carbonyl (C=O) groups excluding carboxylic acids is 1. The van der Waals surface area contributed by atoms with Crippen LogP contribution < -0.4 is 0 Å². The summed E-state index contributed by atoms with van der Waals surface area (Å²) in [6.07, 6.45) is 0.957. The number of nitrogens with zero attached hydrogens (tertiary/aromatic N) is 2. The van der Waals surface area contributed by atoms with Gasteiger partial charge in [-0.1, -0.05) is 72.6 Å². The third-order valence-electron chi connectivity index (χ3n) is 5.79. The molecule has 0 unspecified atom stereocenters. The molecular formula is C28H27ClN2O. The van der Waals surface area contributed by atoms with Crippen molar-refractivity contribution in [2.75, 3.05) is 0 Å². The SMILES string of the molecule is CCc1ccc2nc(Cl)c(CN(Cc3cccc(C)c3)C(=O)c3ccccc3C)cc2c1. The van der Waals surface area contributed by atoms with Crippen molar-refractivity contribution >= 4 is 28.4 Å². The van der Waals surface area contributed by atoms with Crippen LogP contribution in [-0.4, -0.2) is 15.8 Å². The number of halogens is 1. The number of hydrogen-bond donors (Lipinski definition) is 0. The zero-order valence-electron chi connectivity index (χ0n) is 18.7. The van der Waals surface area contributed by atoms with Crippen molar-refractivity contribution in [2.45, 2.75) is 40.3 Å². The molecule has 1 aromatic heterocycles. The average molecular weight is 443 g/mol. The predicted octanol–water partition coefficient (Wildman–Crippen LogP) is 6.91. The lowest BCUT2D eigenvalue weighted by Crippen LogP contribution is -2.31. The normalized spacial score (nSPS) is 11.0. The minimum atomic E-state index is -0.0110. The van der Waals surface area contributed by atoms with Crippen molar-refractivity contribution in [2.24, 2.45) is 0 Å². The number of amides is 1. The Balaban J connectivity index is 1.73. The van der Waals surface area contributed by atoms with Crippen molar-refractivity contribution in [3.05, 3.63) is 111 Å². The highest BCUT2D eigenvalue weighted by Gasteiger charge is 2.20. The number of benzene rings is 3. The van der Waals surface area contributed by atoms with E-state index in [1.54, 1.807) is 0 Å². The monoisotopic (exact) mass is 442 g/mol. The molecule has 0 radical (unpaired) electrons. The van der Waals surface area contributed by atoms with Gasteiger partial charge >= 0.3 is 0 Å². The molecule has 3 aromatic carbocycles. The van der Waals surface area contributed by atoms with E-state index in [1.165, 1.54) is 11.1 Å². The van der Waals surface area contributed by atoms with Gasteiger partial charge in [0.2, 0.25) is 0 Å². The lowest BCUT2D eigenvalue weighted by molar-refractivity contribution is 0.0729. The van der Waals surface area contributed by atoms with E-state index in [9.17, 15) is 4.79 Å². The van der Waals surface area contributed by atoms with Crippen molar-refractivity contribution in [1.82, 2.24) is 9.88 Å². The van der Waals surface area contributed by atoms with Crippen LogP contribution in [0.5, 0.6) is 0 Å². The van der Waals surface area contributed by atoms with E-state index in [2.05, 4.69) is 55.2 Å². The molecule has 0 aliphatic rings. The Kier molecular flexibility index (Phi) is 6.57. The van der Waals surface area contributed by atoms with Crippen LogP contribution in [0, 0.1) is 13.8 Å². The molecule has 0 saturated carbocycles. The summed E-state index contributed by atoms with van der Waals surface area (Å²) in [5.74, 6) is -0.0110. The Morgan fingerprint density at radius 3 is 2.47 bits per heavy atom. The van der Waals surface area contributed by atoms with Gasteiger partial charge in [0, 0.05) is 29.6 Å². The summed E-state index contributed by atoms with van der Waals surface area (Å²) in [5.41, 5.74) is 6.89. The second-order valence-electron chi connectivity index (χ2n) is 8.28.